The summed E-state index contributed by atoms with van der Waals surface area (Å²) in [5.74, 6) is 0.156. The summed E-state index contributed by atoms with van der Waals surface area (Å²) in [5.41, 5.74) is 1.73. The van der Waals surface area contributed by atoms with Gasteiger partial charge in [0.15, 0.2) is 5.78 Å². The van der Waals surface area contributed by atoms with Crippen LogP contribution >= 0.6 is 27.5 Å². The Morgan fingerprint density at radius 1 is 1.33 bits per heavy atom. The van der Waals surface area contributed by atoms with E-state index < -0.39 is 0 Å². The average molecular weight is 411 g/mol. The average Bonchev–Trinajstić information content (AvgIpc) is 3.40. The summed E-state index contributed by atoms with van der Waals surface area (Å²) < 4.78 is 13.7. The summed E-state index contributed by atoms with van der Waals surface area (Å²) in [7, 11) is 0. The van der Waals surface area contributed by atoms with Gasteiger partial charge in [-0.1, -0.05) is 18.5 Å². The summed E-state index contributed by atoms with van der Waals surface area (Å²) in [6.45, 7) is 2.16. The van der Waals surface area contributed by atoms with Gasteiger partial charge in [0.25, 0.3) is 0 Å². The zero-order valence-corrected chi connectivity index (χ0v) is 15.6. The predicted molar refractivity (Wildman–Crippen MR) is 99.4 cm³/mol. The molecule has 1 saturated carbocycles. The fraction of sp³-hybridized carbons (Fsp3) is 0.316. The summed E-state index contributed by atoms with van der Waals surface area (Å²) in [6, 6.07) is 9.44. The first kappa shape index (κ1) is 17.4. The van der Waals surface area contributed by atoms with E-state index in [2.05, 4.69) is 28.2 Å². The Bertz CT molecular complexity index is 759. The van der Waals surface area contributed by atoms with Gasteiger partial charge in [0.2, 0.25) is 0 Å². The van der Waals surface area contributed by atoms with Crippen molar-refractivity contribution in [3.05, 3.63) is 62.8 Å². The molecule has 1 fully saturated rings. The van der Waals surface area contributed by atoms with Crippen LogP contribution in [0, 0.1) is 11.7 Å². The van der Waals surface area contributed by atoms with Gasteiger partial charge < -0.3 is 5.32 Å². The molecule has 2 nitrogen and oxygen atoms in total. The second-order valence-corrected chi connectivity index (χ2v) is 7.41. The van der Waals surface area contributed by atoms with Gasteiger partial charge >= 0.3 is 0 Å². The fourth-order valence-corrected chi connectivity index (χ4v) is 3.58. The molecule has 126 valence electrons. The molecule has 1 atom stereocenters. The largest absolute Gasteiger partial charge is 0.381 e. The molecule has 1 aliphatic carbocycles. The third kappa shape index (κ3) is 3.81. The quantitative estimate of drug-likeness (QED) is 0.585. The number of hydrogen-bond donors (Lipinski definition) is 1. The molecule has 0 bridgehead atoms. The van der Waals surface area contributed by atoms with E-state index in [4.69, 9.17) is 11.6 Å². The van der Waals surface area contributed by atoms with Crippen LogP contribution in [-0.4, -0.2) is 11.8 Å². The highest BCUT2D eigenvalue weighted by Crippen LogP contribution is 2.38. The second-order valence-electron chi connectivity index (χ2n) is 6.14. The first-order chi connectivity index (χ1) is 11.5. The minimum absolute atomic E-state index is 0.190. The Hall–Kier alpha value is -1.39. The normalized spacial score (nSPS) is 15.2. The molecule has 1 aliphatic rings. The number of benzene rings is 2. The maximum atomic E-state index is 13.0. The van der Waals surface area contributed by atoms with Crippen LogP contribution in [0.4, 0.5) is 10.1 Å². The molecular formula is C19H18BrClFNO. The molecule has 24 heavy (non-hydrogen) atoms. The van der Waals surface area contributed by atoms with Crippen LogP contribution in [-0.2, 0) is 0 Å². The van der Waals surface area contributed by atoms with E-state index in [1.165, 1.54) is 37.1 Å². The minimum atomic E-state index is -0.367. The number of halogens is 3. The highest BCUT2D eigenvalue weighted by atomic mass is 79.9. The van der Waals surface area contributed by atoms with Crippen molar-refractivity contribution in [1.82, 2.24) is 0 Å². The van der Waals surface area contributed by atoms with Gasteiger partial charge in [0.05, 0.1) is 10.7 Å². The van der Waals surface area contributed by atoms with Crippen LogP contribution in [0.3, 0.4) is 0 Å². The van der Waals surface area contributed by atoms with Crippen LogP contribution in [0.15, 0.2) is 40.9 Å². The number of rotatable bonds is 6. The lowest BCUT2D eigenvalue weighted by molar-refractivity contribution is 0.103. The summed E-state index contributed by atoms with van der Waals surface area (Å²) in [4.78, 5) is 12.6. The Kier molecular flexibility index (Phi) is 5.26. The van der Waals surface area contributed by atoms with Crippen LogP contribution < -0.4 is 5.32 Å². The van der Waals surface area contributed by atoms with Crippen molar-refractivity contribution in [2.45, 2.75) is 32.2 Å². The third-order valence-corrected chi connectivity index (χ3v) is 5.35. The lowest BCUT2D eigenvalue weighted by atomic mass is 10.0. The molecule has 3 rings (SSSR count). The van der Waals surface area contributed by atoms with Crippen molar-refractivity contribution in [1.29, 1.82) is 0 Å². The Morgan fingerprint density at radius 2 is 2.00 bits per heavy atom. The molecular weight excluding hydrogens is 393 g/mol. The van der Waals surface area contributed by atoms with Crippen molar-refractivity contribution < 1.29 is 9.18 Å². The van der Waals surface area contributed by atoms with E-state index >= 15 is 0 Å². The van der Waals surface area contributed by atoms with E-state index in [1.807, 2.05) is 6.07 Å². The second kappa shape index (κ2) is 7.24. The van der Waals surface area contributed by atoms with Gasteiger partial charge in [0.1, 0.15) is 5.82 Å². The van der Waals surface area contributed by atoms with Crippen molar-refractivity contribution in [2.75, 3.05) is 5.32 Å². The molecule has 0 heterocycles. The number of anilines is 1. The van der Waals surface area contributed by atoms with Crippen molar-refractivity contribution in [2.24, 2.45) is 5.92 Å². The number of nitrogens with one attached hydrogen (secondary N) is 1. The molecule has 2 aromatic rings. The third-order valence-electron chi connectivity index (χ3n) is 4.38. The fourth-order valence-electron chi connectivity index (χ4n) is 2.84. The van der Waals surface area contributed by atoms with Crippen molar-refractivity contribution in [3.63, 3.8) is 0 Å². The summed E-state index contributed by atoms with van der Waals surface area (Å²) in [5, 5.41) is 4.01. The van der Waals surface area contributed by atoms with E-state index in [-0.39, 0.29) is 11.6 Å². The van der Waals surface area contributed by atoms with E-state index in [1.54, 1.807) is 6.07 Å². The highest BCUT2D eigenvalue weighted by molar-refractivity contribution is 9.10. The summed E-state index contributed by atoms with van der Waals surface area (Å²) >= 11 is 9.85. The maximum absolute atomic E-state index is 13.0. The van der Waals surface area contributed by atoms with Gasteiger partial charge in [-0.3, -0.25) is 4.79 Å². The summed E-state index contributed by atoms with van der Waals surface area (Å²) in [6.07, 6.45) is 3.55. The molecule has 0 aromatic heterocycles. The molecule has 0 spiro atoms. The molecule has 2 aromatic carbocycles. The Morgan fingerprint density at radius 3 is 2.58 bits per heavy atom. The first-order valence-corrected chi connectivity index (χ1v) is 9.22. The van der Waals surface area contributed by atoms with Gasteiger partial charge in [-0.05, 0) is 77.5 Å². The van der Waals surface area contributed by atoms with Crippen LogP contribution in [0.1, 0.15) is 42.1 Å². The van der Waals surface area contributed by atoms with E-state index in [0.29, 0.717) is 32.6 Å². The van der Waals surface area contributed by atoms with Crippen LogP contribution in [0.25, 0.3) is 0 Å². The zero-order chi connectivity index (χ0) is 17.3. The van der Waals surface area contributed by atoms with Gasteiger partial charge in [0, 0.05) is 21.6 Å². The molecule has 5 heteroatoms. The minimum Gasteiger partial charge on any atom is -0.381 e. The number of carbonyl (C=O) groups is 1. The Labute approximate surface area is 154 Å². The number of hydrogen-bond acceptors (Lipinski definition) is 2. The van der Waals surface area contributed by atoms with Gasteiger partial charge in [-0.15, -0.1) is 0 Å². The number of carbonyl (C=O) groups excluding carboxylic acids is 1. The lowest BCUT2D eigenvalue weighted by Crippen LogP contribution is -2.21. The molecule has 0 saturated heterocycles. The van der Waals surface area contributed by atoms with Crippen molar-refractivity contribution >= 4 is 39.0 Å². The van der Waals surface area contributed by atoms with Gasteiger partial charge in [-0.2, -0.15) is 0 Å². The zero-order valence-electron chi connectivity index (χ0n) is 13.3. The molecule has 0 aliphatic heterocycles. The molecule has 0 radical (unpaired) electrons. The first-order valence-electron chi connectivity index (χ1n) is 8.05. The Balaban J connectivity index is 1.86. The van der Waals surface area contributed by atoms with Gasteiger partial charge in [-0.25, -0.2) is 4.39 Å². The van der Waals surface area contributed by atoms with Crippen molar-refractivity contribution in [3.8, 4) is 0 Å². The van der Waals surface area contributed by atoms with Crippen LogP contribution in [0.5, 0.6) is 0 Å². The van der Waals surface area contributed by atoms with E-state index in [9.17, 15) is 9.18 Å². The SMILES string of the molecule is CCC(Nc1cc(Br)c(C(=O)c2ccc(F)cc2)cc1Cl)C1CC1. The molecule has 0 amide bonds. The monoisotopic (exact) mass is 409 g/mol. The molecule has 1 N–H and O–H groups in total. The standard InChI is InChI=1S/C19H18BrClFNO/c1-2-17(11-3-4-11)23-18-10-15(20)14(9-16(18)21)19(24)12-5-7-13(22)8-6-12/h5-11,17,23H,2-4H2,1H3. The maximum Gasteiger partial charge on any atom is 0.194 e. The lowest BCUT2D eigenvalue weighted by Gasteiger charge is -2.19. The smallest absolute Gasteiger partial charge is 0.194 e. The number of ketones is 1. The van der Waals surface area contributed by atoms with Crippen LogP contribution in [0.2, 0.25) is 5.02 Å². The molecule has 1 unspecified atom stereocenters. The highest BCUT2D eigenvalue weighted by Gasteiger charge is 2.30. The van der Waals surface area contributed by atoms with E-state index in [0.717, 1.165) is 12.1 Å². The predicted octanol–water partition coefficient (Wildman–Crippen LogP) is 6.07. The topological polar surface area (TPSA) is 29.1 Å².